The van der Waals surface area contributed by atoms with E-state index in [1.54, 1.807) is 0 Å². The number of hydrogen-bond donors (Lipinski definition) is 1. The molecule has 2 aromatic carbocycles. The molecule has 1 aliphatic rings. The Morgan fingerprint density at radius 2 is 1.82 bits per heavy atom. The van der Waals surface area contributed by atoms with E-state index >= 15 is 0 Å². The Morgan fingerprint density at radius 1 is 1.07 bits per heavy atom. The first-order valence-corrected chi connectivity index (χ1v) is 9.02. The standard InChI is InChI=1S/C21H19F2N3O2/c1-25-20(27)17(10-14-6-7-16(22)11-18(14)23)19(24-21(25)28)26-9-8-13-4-2-3-5-15(13)12-26/h2-7,11H,8-10,12H2,1H3,(H,24,28). The van der Waals surface area contributed by atoms with Crippen molar-refractivity contribution in [2.24, 2.45) is 7.05 Å². The quantitative estimate of drug-likeness (QED) is 0.756. The van der Waals surface area contributed by atoms with Crippen LogP contribution >= 0.6 is 0 Å². The van der Waals surface area contributed by atoms with Crippen LogP contribution in [0.2, 0.25) is 0 Å². The minimum Gasteiger partial charge on any atom is -0.353 e. The normalized spacial score (nSPS) is 13.5. The fourth-order valence-corrected chi connectivity index (χ4v) is 3.63. The van der Waals surface area contributed by atoms with Crippen molar-refractivity contribution in [3.8, 4) is 0 Å². The minimum atomic E-state index is -0.719. The highest BCUT2D eigenvalue weighted by molar-refractivity contribution is 5.50. The van der Waals surface area contributed by atoms with E-state index in [0.717, 1.165) is 28.7 Å². The number of anilines is 1. The maximum Gasteiger partial charge on any atom is 0.329 e. The molecule has 5 nitrogen and oxygen atoms in total. The zero-order chi connectivity index (χ0) is 19.8. The number of aromatic amines is 1. The van der Waals surface area contributed by atoms with E-state index in [4.69, 9.17) is 0 Å². The Hall–Kier alpha value is -3.22. The number of fused-ring (bicyclic) bond motifs is 1. The summed E-state index contributed by atoms with van der Waals surface area (Å²) in [6.07, 6.45) is 0.737. The van der Waals surface area contributed by atoms with Crippen LogP contribution in [0.1, 0.15) is 22.3 Å². The average molecular weight is 383 g/mol. The van der Waals surface area contributed by atoms with E-state index in [0.29, 0.717) is 18.9 Å². The highest BCUT2D eigenvalue weighted by Gasteiger charge is 2.23. The van der Waals surface area contributed by atoms with Crippen molar-refractivity contribution in [1.82, 2.24) is 9.55 Å². The second-order valence-electron chi connectivity index (χ2n) is 6.97. The lowest BCUT2D eigenvalue weighted by Crippen LogP contribution is -2.40. The third-order valence-corrected chi connectivity index (χ3v) is 5.21. The first-order valence-electron chi connectivity index (χ1n) is 9.02. The van der Waals surface area contributed by atoms with Crippen molar-refractivity contribution in [3.63, 3.8) is 0 Å². The number of halogens is 2. The number of aromatic nitrogens is 2. The molecule has 4 rings (SSSR count). The molecule has 1 aromatic heterocycles. The largest absolute Gasteiger partial charge is 0.353 e. The molecule has 0 aliphatic carbocycles. The Kier molecular flexibility index (Phi) is 4.58. The smallest absolute Gasteiger partial charge is 0.329 e. The molecule has 144 valence electrons. The van der Waals surface area contributed by atoms with Crippen molar-refractivity contribution < 1.29 is 8.78 Å². The van der Waals surface area contributed by atoms with Gasteiger partial charge in [0, 0.05) is 32.6 Å². The molecule has 0 spiro atoms. The van der Waals surface area contributed by atoms with Gasteiger partial charge in [0.05, 0.1) is 5.56 Å². The Labute approximate surface area is 159 Å². The van der Waals surface area contributed by atoms with Gasteiger partial charge in [0.15, 0.2) is 0 Å². The summed E-state index contributed by atoms with van der Waals surface area (Å²) in [6, 6.07) is 11.3. The van der Waals surface area contributed by atoms with Crippen molar-refractivity contribution in [2.45, 2.75) is 19.4 Å². The number of benzene rings is 2. The fourth-order valence-electron chi connectivity index (χ4n) is 3.63. The molecule has 0 saturated carbocycles. The van der Waals surface area contributed by atoms with Gasteiger partial charge in [-0.1, -0.05) is 30.3 Å². The molecule has 28 heavy (non-hydrogen) atoms. The molecular formula is C21H19F2N3O2. The summed E-state index contributed by atoms with van der Waals surface area (Å²) < 4.78 is 28.4. The van der Waals surface area contributed by atoms with Gasteiger partial charge in [-0.25, -0.2) is 13.6 Å². The number of H-pyrrole nitrogens is 1. The van der Waals surface area contributed by atoms with Crippen LogP contribution in [-0.2, 0) is 26.4 Å². The minimum absolute atomic E-state index is 0.0386. The lowest BCUT2D eigenvalue weighted by atomic mass is 9.99. The first kappa shape index (κ1) is 18.2. The average Bonchev–Trinajstić information content (AvgIpc) is 2.69. The lowest BCUT2D eigenvalue weighted by molar-refractivity contribution is 0.574. The van der Waals surface area contributed by atoms with Crippen LogP contribution in [-0.4, -0.2) is 16.1 Å². The Bertz CT molecular complexity index is 1170. The Morgan fingerprint density at radius 3 is 2.57 bits per heavy atom. The van der Waals surface area contributed by atoms with E-state index in [9.17, 15) is 18.4 Å². The topological polar surface area (TPSA) is 58.1 Å². The third kappa shape index (κ3) is 3.24. The summed E-state index contributed by atoms with van der Waals surface area (Å²) in [4.78, 5) is 29.7. The van der Waals surface area contributed by atoms with E-state index in [-0.39, 0.29) is 17.5 Å². The van der Waals surface area contributed by atoms with Gasteiger partial charge in [-0.15, -0.1) is 0 Å². The van der Waals surface area contributed by atoms with E-state index in [2.05, 4.69) is 11.1 Å². The van der Waals surface area contributed by atoms with Gasteiger partial charge in [0.1, 0.15) is 17.5 Å². The molecule has 0 bridgehead atoms. The van der Waals surface area contributed by atoms with Crippen LogP contribution in [0.15, 0.2) is 52.1 Å². The highest BCUT2D eigenvalue weighted by Crippen LogP contribution is 2.25. The van der Waals surface area contributed by atoms with Crippen LogP contribution in [0.25, 0.3) is 0 Å². The SMILES string of the molecule is Cn1c(=O)[nH]c(N2CCc3ccccc3C2)c(Cc2ccc(F)cc2F)c1=O. The number of nitrogens with zero attached hydrogens (tertiary/aromatic N) is 2. The summed E-state index contributed by atoms with van der Waals surface area (Å²) in [6.45, 7) is 1.16. The first-order chi connectivity index (χ1) is 13.4. The summed E-state index contributed by atoms with van der Waals surface area (Å²) in [5, 5.41) is 0. The van der Waals surface area contributed by atoms with Gasteiger partial charge in [-0.3, -0.25) is 14.3 Å². The van der Waals surface area contributed by atoms with Crippen molar-refractivity contribution in [3.05, 3.63) is 97.2 Å². The van der Waals surface area contributed by atoms with E-state index < -0.39 is 22.9 Å². The van der Waals surface area contributed by atoms with Crippen molar-refractivity contribution in [2.75, 3.05) is 11.4 Å². The highest BCUT2D eigenvalue weighted by atomic mass is 19.1. The predicted molar refractivity (Wildman–Crippen MR) is 103 cm³/mol. The maximum atomic E-state index is 14.2. The fraction of sp³-hybridized carbons (Fsp3) is 0.238. The monoisotopic (exact) mass is 383 g/mol. The van der Waals surface area contributed by atoms with Gasteiger partial charge < -0.3 is 4.90 Å². The predicted octanol–water partition coefficient (Wildman–Crippen LogP) is 2.51. The summed E-state index contributed by atoms with van der Waals surface area (Å²) in [7, 11) is 1.38. The molecule has 0 radical (unpaired) electrons. The number of nitrogens with one attached hydrogen (secondary N) is 1. The second kappa shape index (κ2) is 7.07. The van der Waals surface area contributed by atoms with Crippen LogP contribution < -0.4 is 16.1 Å². The summed E-state index contributed by atoms with van der Waals surface area (Å²) in [5.41, 5.74) is 1.82. The van der Waals surface area contributed by atoms with Crippen LogP contribution in [0.5, 0.6) is 0 Å². The van der Waals surface area contributed by atoms with Gasteiger partial charge in [-0.2, -0.15) is 0 Å². The van der Waals surface area contributed by atoms with Gasteiger partial charge in [0.25, 0.3) is 5.56 Å². The van der Waals surface area contributed by atoms with Gasteiger partial charge in [0.2, 0.25) is 0 Å². The second-order valence-corrected chi connectivity index (χ2v) is 6.97. The van der Waals surface area contributed by atoms with Crippen LogP contribution in [0.4, 0.5) is 14.6 Å². The molecule has 0 amide bonds. The zero-order valence-electron chi connectivity index (χ0n) is 15.3. The van der Waals surface area contributed by atoms with Crippen LogP contribution in [0, 0.1) is 11.6 Å². The molecule has 0 unspecified atom stereocenters. The Balaban J connectivity index is 1.79. The van der Waals surface area contributed by atoms with Gasteiger partial charge in [-0.05, 0) is 29.2 Å². The molecular weight excluding hydrogens is 364 g/mol. The summed E-state index contributed by atoms with van der Waals surface area (Å²) in [5.74, 6) is -1.00. The third-order valence-electron chi connectivity index (χ3n) is 5.21. The molecule has 0 saturated heterocycles. The van der Waals surface area contributed by atoms with Crippen molar-refractivity contribution >= 4 is 5.82 Å². The maximum absolute atomic E-state index is 14.2. The molecule has 3 aromatic rings. The molecule has 1 N–H and O–H groups in total. The molecule has 1 aliphatic heterocycles. The zero-order valence-corrected chi connectivity index (χ0v) is 15.3. The van der Waals surface area contributed by atoms with E-state index in [1.807, 2.05) is 23.1 Å². The molecule has 2 heterocycles. The molecule has 0 atom stereocenters. The lowest BCUT2D eigenvalue weighted by Gasteiger charge is -2.31. The summed E-state index contributed by atoms with van der Waals surface area (Å²) >= 11 is 0. The van der Waals surface area contributed by atoms with Crippen LogP contribution in [0.3, 0.4) is 0 Å². The van der Waals surface area contributed by atoms with Crippen molar-refractivity contribution in [1.29, 1.82) is 0 Å². The molecule has 7 heteroatoms. The number of hydrogen-bond acceptors (Lipinski definition) is 3. The number of rotatable bonds is 3. The van der Waals surface area contributed by atoms with E-state index in [1.165, 1.54) is 18.7 Å². The van der Waals surface area contributed by atoms with Gasteiger partial charge >= 0.3 is 5.69 Å². The molecule has 0 fully saturated rings.